The van der Waals surface area contributed by atoms with Crippen LogP contribution in [0.1, 0.15) is 23.7 Å². The Bertz CT molecular complexity index is 460. The van der Waals surface area contributed by atoms with Crippen LogP contribution in [-0.4, -0.2) is 32.5 Å². The molecule has 0 radical (unpaired) electrons. The molecule has 3 N–H and O–H groups in total. The lowest BCUT2D eigenvalue weighted by molar-refractivity contribution is -0.123. The summed E-state index contributed by atoms with van der Waals surface area (Å²) in [5, 5.41) is 2.68. The minimum absolute atomic E-state index is 0.152. The van der Waals surface area contributed by atoms with Gasteiger partial charge in [0.2, 0.25) is 0 Å². The molecule has 0 fully saturated rings. The summed E-state index contributed by atoms with van der Waals surface area (Å²) in [7, 11) is 1.44. The number of nitrogens with one attached hydrogen (secondary N) is 1. The van der Waals surface area contributed by atoms with Crippen molar-refractivity contribution >= 4 is 17.9 Å². The molecule has 104 valence electrons. The van der Waals surface area contributed by atoms with Gasteiger partial charge in [-0.05, 0) is 18.6 Å². The van der Waals surface area contributed by atoms with E-state index in [1.54, 1.807) is 0 Å². The van der Waals surface area contributed by atoms with Crippen molar-refractivity contribution in [3.63, 3.8) is 0 Å². The summed E-state index contributed by atoms with van der Waals surface area (Å²) in [6, 6.07) is 2.97. The van der Waals surface area contributed by atoms with Crippen molar-refractivity contribution in [2.45, 2.75) is 13.3 Å². The molecule has 1 aromatic rings. The number of hydrogen-bond acceptors (Lipinski definition) is 5. The van der Waals surface area contributed by atoms with Crippen LogP contribution >= 0.6 is 0 Å². The second kappa shape index (κ2) is 7.25. The third-order valence-electron chi connectivity index (χ3n) is 2.38. The largest absolute Gasteiger partial charge is 0.493 e. The Hall–Kier alpha value is -2.24. The van der Waals surface area contributed by atoms with Gasteiger partial charge in [-0.1, -0.05) is 6.92 Å². The number of ether oxygens (including phenoxy) is 2. The van der Waals surface area contributed by atoms with Gasteiger partial charge in [0.25, 0.3) is 5.91 Å². The van der Waals surface area contributed by atoms with Crippen LogP contribution in [0.5, 0.6) is 11.5 Å². The van der Waals surface area contributed by atoms with E-state index in [2.05, 4.69) is 5.32 Å². The second-order valence-electron chi connectivity index (χ2n) is 3.90. The van der Waals surface area contributed by atoms with Gasteiger partial charge in [0.1, 0.15) is 6.29 Å². The van der Waals surface area contributed by atoms with Crippen molar-refractivity contribution in [3.8, 4) is 11.5 Å². The molecule has 6 nitrogen and oxygen atoms in total. The molecule has 0 atom stereocenters. The predicted molar refractivity (Wildman–Crippen MR) is 71.6 cm³/mol. The van der Waals surface area contributed by atoms with Gasteiger partial charge in [-0.25, -0.2) is 0 Å². The Balaban J connectivity index is 2.77. The fraction of sp³-hybridized carbons (Fsp3) is 0.385. The number of carbonyl (C=O) groups excluding carboxylic acids is 2. The average molecular weight is 266 g/mol. The van der Waals surface area contributed by atoms with Crippen LogP contribution in [0.25, 0.3) is 0 Å². The second-order valence-corrected chi connectivity index (χ2v) is 3.90. The summed E-state index contributed by atoms with van der Waals surface area (Å²) in [6.07, 6.45) is 1.52. The zero-order valence-electron chi connectivity index (χ0n) is 11.1. The molecule has 19 heavy (non-hydrogen) atoms. The van der Waals surface area contributed by atoms with Gasteiger partial charge >= 0.3 is 0 Å². The average Bonchev–Trinajstić information content (AvgIpc) is 2.42. The maximum atomic E-state index is 11.4. The van der Waals surface area contributed by atoms with E-state index in [1.807, 2.05) is 6.92 Å². The van der Waals surface area contributed by atoms with Gasteiger partial charge in [0, 0.05) is 12.1 Å². The van der Waals surface area contributed by atoms with Gasteiger partial charge in [-0.2, -0.15) is 0 Å². The van der Waals surface area contributed by atoms with Crippen molar-refractivity contribution in [2.24, 2.45) is 0 Å². The number of amides is 1. The van der Waals surface area contributed by atoms with Crippen LogP contribution in [0.3, 0.4) is 0 Å². The lowest BCUT2D eigenvalue weighted by Crippen LogP contribution is -2.29. The lowest BCUT2D eigenvalue weighted by atomic mass is 10.2. The SMILES string of the molecule is CCCNC(=O)COc1c(N)cc(C=O)cc1OC. The zero-order valence-corrected chi connectivity index (χ0v) is 11.1. The molecule has 0 bridgehead atoms. The highest BCUT2D eigenvalue weighted by molar-refractivity contribution is 5.81. The molecule has 1 aromatic carbocycles. The fourth-order valence-electron chi connectivity index (χ4n) is 1.47. The maximum Gasteiger partial charge on any atom is 0.257 e. The topological polar surface area (TPSA) is 90.6 Å². The first-order valence-corrected chi connectivity index (χ1v) is 5.94. The molecule has 0 saturated heterocycles. The molecule has 0 saturated carbocycles. The number of nitrogens with two attached hydrogens (primary N) is 1. The Morgan fingerprint density at radius 3 is 2.79 bits per heavy atom. The first-order chi connectivity index (χ1) is 9.12. The zero-order chi connectivity index (χ0) is 14.3. The molecule has 1 amide bonds. The maximum absolute atomic E-state index is 11.4. The molecule has 0 aliphatic heterocycles. The van der Waals surface area contributed by atoms with E-state index in [4.69, 9.17) is 15.2 Å². The molecule has 0 aliphatic rings. The van der Waals surface area contributed by atoms with E-state index in [1.165, 1.54) is 19.2 Å². The predicted octanol–water partition coefficient (Wildman–Crippen LogP) is 0.995. The Labute approximate surface area is 111 Å². The minimum Gasteiger partial charge on any atom is -0.493 e. The summed E-state index contributed by atoms with van der Waals surface area (Å²) >= 11 is 0. The standard InChI is InChI=1S/C13H18N2O4/c1-3-4-15-12(17)8-19-13-10(14)5-9(7-16)6-11(13)18-2/h5-7H,3-4,8,14H2,1-2H3,(H,15,17). The number of anilines is 1. The summed E-state index contributed by atoms with van der Waals surface area (Å²) in [4.78, 5) is 22.1. The summed E-state index contributed by atoms with van der Waals surface area (Å²) in [5.74, 6) is 0.355. The Morgan fingerprint density at radius 1 is 1.47 bits per heavy atom. The van der Waals surface area contributed by atoms with Crippen LogP contribution in [0, 0.1) is 0 Å². The van der Waals surface area contributed by atoms with Gasteiger partial charge in [0.15, 0.2) is 18.1 Å². The Morgan fingerprint density at radius 2 is 2.21 bits per heavy atom. The minimum atomic E-state index is -0.234. The van der Waals surface area contributed by atoms with Gasteiger partial charge in [0.05, 0.1) is 12.8 Å². The molecule has 0 aromatic heterocycles. The number of benzene rings is 1. The molecule has 0 spiro atoms. The van der Waals surface area contributed by atoms with Gasteiger partial charge in [-0.15, -0.1) is 0 Å². The monoisotopic (exact) mass is 266 g/mol. The van der Waals surface area contributed by atoms with Crippen molar-refractivity contribution in [1.29, 1.82) is 0 Å². The molecule has 0 heterocycles. The molecule has 6 heteroatoms. The lowest BCUT2D eigenvalue weighted by Gasteiger charge is -2.13. The van der Waals surface area contributed by atoms with E-state index in [9.17, 15) is 9.59 Å². The summed E-state index contributed by atoms with van der Waals surface area (Å²) in [6.45, 7) is 2.40. The molecule has 0 aliphatic carbocycles. The van der Waals surface area contributed by atoms with Crippen molar-refractivity contribution < 1.29 is 19.1 Å². The number of carbonyl (C=O) groups is 2. The van der Waals surface area contributed by atoms with E-state index in [0.717, 1.165) is 6.42 Å². The van der Waals surface area contributed by atoms with Crippen LogP contribution in [0.2, 0.25) is 0 Å². The normalized spacial score (nSPS) is 9.79. The number of hydrogen-bond donors (Lipinski definition) is 2. The number of rotatable bonds is 7. The quantitative estimate of drug-likeness (QED) is 0.567. The third-order valence-corrected chi connectivity index (χ3v) is 2.38. The van der Waals surface area contributed by atoms with Crippen molar-refractivity contribution in [3.05, 3.63) is 17.7 Å². The molecule has 0 unspecified atom stereocenters. The summed E-state index contributed by atoms with van der Waals surface area (Å²) in [5.41, 5.74) is 6.40. The molecular weight excluding hydrogens is 248 g/mol. The molecule has 1 rings (SSSR count). The van der Waals surface area contributed by atoms with E-state index < -0.39 is 0 Å². The van der Waals surface area contributed by atoms with Crippen LogP contribution in [-0.2, 0) is 4.79 Å². The van der Waals surface area contributed by atoms with Crippen molar-refractivity contribution in [2.75, 3.05) is 26.0 Å². The first kappa shape index (κ1) is 14.8. The number of nitrogen functional groups attached to an aromatic ring is 1. The van der Waals surface area contributed by atoms with Crippen LogP contribution < -0.4 is 20.5 Å². The third kappa shape index (κ3) is 4.17. The smallest absolute Gasteiger partial charge is 0.257 e. The van der Waals surface area contributed by atoms with Crippen molar-refractivity contribution in [1.82, 2.24) is 5.32 Å². The highest BCUT2D eigenvalue weighted by atomic mass is 16.5. The summed E-state index contributed by atoms with van der Waals surface area (Å²) < 4.78 is 10.4. The van der Waals surface area contributed by atoms with Crippen LogP contribution in [0.15, 0.2) is 12.1 Å². The van der Waals surface area contributed by atoms with E-state index >= 15 is 0 Å². The van der Waals surface area contributed by atoms with Crippen LogP contribution in [0.4, 0.5) is 5.69 Å². The van der Waals surface area contributed by atoms with Gasteiger partial charge in [-0.3, -0.25) is 9.59 Å². The first-order valence-electron chi connectivity index (χ1n) is 5.94. The number of methoxy groups -OCH3 is 1. The Kier molecular flexibility index (Phi) is 5.66. The number of aldehydes is 1. The van der Waals surface area contributed by atoms with Gasteiger partial charge < -0.3 is 20.5 Å². The van der Waals surface area contributed by atoms with E-state index in [0.29, 0.717) is 24.1 Å². The van der Waals surface area contributed by atoms with E-state index in [-0.39, 0.29) is 24.0 Å². The highest BCUT2D eigenvalue weighted by Crippen LogP contribution is 2.34. The highest BCUT2D eigenvalue weighted by Gasteiger charge is 2.12. The fourth-order valence-corrected chi connectivity index (χ4v) is 1.47. The molecular formula is C13H18N2O4.